The number of nitrogens with one attached hydrogen (secondary N) is 3. The van der Waals surface area contributed by atoms with Crippen LogP contribution in [0.2, 0.25) is 0 Å². The van der Waals surface area contributed by atoms with Crippen LogP contribution in [0.3, 0.4) is 0 Å². The molecule has 3 atom stereocenters. The van der Waals surface area contributed by atoms with Gasteiger partial charge in [0.1, 0.15) is 0 Å². The van der Waals surface area contributed by atoms with Crippen LogP contribution in [0.1, 0.15) is 31.7 Å². The van der Waals surface area contributed by atoms with Crippen LogP contribution in [-0.2, 0) is 11.2 Å². The zero-order chi connectivity index (χ0) is 17.9. The second-order valence-corrected chi connectivity index (χ2v) is 7.56. The molecule has 1 aliphatic carbocycles. The quantitative estimate of drug-likeness (QED) is 0.734. The van der Waals surface area contributed by atoms with Crippen LogP contribution in [0.5, 0.6) is 0 Å². The predicted octanol–water partition coefficient (Wildman–Crippen LogP) is 2.77. The fourth-order valence-corrected chi connectivity index (χ4v) is 4.65. The van der Waals surface area contributed by atoms with Gasteiger partial charge in [0.15, 0.2) is 0 Å². The molecular weight excluding hydrogens is 364 g/mol. The van der Waals surface area contributed by atoms with Crippen molar-refractivity contribution in [3.05, 3.63) is 23.8 Å². The van der Waals surface area contributed by atoms with Gasteiger partial charge in [0, 0.05) is 37.4 Å². The van der Waals surface area contributed by atoms with Gasteiger partial charge in [0.05, 0.1) is 18.9 Å². The standard InChI is InChI=1S/C20H30N4O2.ClH/c1-2-21-20(25)24-10-8-14-6-7-15(12-19(14)24)23-17-5-3-4-16(17)18-13-26-11-9-22-18;/h6-7,12,16-18,22-23H,2-5,8-11,13H2,1H3,(H,21,25);1H. The molecule has 2 amide bonds. The number of carbonyl (C=O) groups excluding carboxylic acids is 1. The van der Waals surface area contributed by atoms with E-state index in [4.69, 9.17) is 4.74 Å². The summed E-state index contributed by atoms with van der Waals surface area (Å²) in [7, 11) is 0. The average Bonchev–Trinajstić information content (AvgIpc) is 3.29. The first-order valence-corrected chi connectivity index (χ1v) is 10.0. The minimum Gasteiger partial charge on any atom is -0.382 e. The second kappa shape index (κ2) is 9.13. The van der Waals surface area contributed by atoms with Crippen LogP contribution in [0, 0.1) is 5.92 Å². The number of morpholine rings is 1. The summed E-state index contributed by atoms with van der Waals surface area (Å²) in [5.74, 6) is 0.600. The van der Waals surface area contributed by atoms with E-state index < -0.39 is 0 Å². The normalized spacial score (nSPS) is 27.0. The van der Waals surface area contributed by atoms with E-state index in [1.807, 2.05) is 11.8 Å². The van der Waals surface area contributed by atoms with Gasteiger partial charge in [-0.1, -0.05) is 12.5 Å². The number of amides is 2. The minimum atomic E-state index is 0. The lowest BCUT2D eigenvalue weighted by molar-refractivity contribution is 0.0559. The molecule has 0 spiro atoms. The maximum absolute atomic E-state index is 12.3. The third-order valence-corrected chi connectivity index (χ3v) is 5.94. The molecule has 2 heterocycles. The zero-order valence-electron chi connectivity index (χ0n) is 16.0. The van der Waals surface area contributed by atoms with E-state index in [1.165, 1.54) is 24.8 Å². The Hall–Kier alpha value is -1.50. The first kappa shape index (κ1) is 20.2. The Kier molecular flexibility index (Phi) is 6.84. The molecule has 3 aliphatic rings. The van der Waals surface area contributed by atoms with Gasteiger partial charge in [-0.05, 0) is 49.8 Å². The van der Waals surface area contributed by atoms with Crippen molar-refractivity contribution in [1.29, 1.82) is 0 Å². The molecule has 0 bridgehead atoms. The van der Waals surface area contributed by atoms with Crippen LogP contribution < -0.4 is 20.9 Å². The number of ether oxygens (including phenoxy) is 1. The van der Waals surface area contributed by atoms with Crippen molar-refractivity contribution in [2.75, 3.05) is 43.1 Å². The van der Waals surface area contributed by atoms with Crippen LogP contribution in [-0.4, -0.2) is 51.0 Å². The highest BCUT2D eigenvalue weighted by atomic mass is 35.5. The van der Waals surface area contributed by atoms with Crippen LogP contribution in [0.25, 0.3) is 0 Å². The highest BCUT2D eigenvalue weighted by molar-refractivity contribution is 5.94. The van der Waals surface area contributed by atoms with Gasteiger partial charge < -0.3 is 20.7 Å². The SMILES string of the molecule is CCNC(=O)N1CCc2ccc(NC3CCCC3C3COCCN3)cc21.Cl. The summed E-state index contributed by atoms with van der Waals surface area (Å²) < 4.78 is 5.68. The Balaban J connectivity index is 0.00000210. The number of anilines is 2. The molecule has 3 unspecified atom stereocenters. The number of rotatable bonds is 4. The van der Waals surface area contributed by atoms with Crippen molar-refractivity contribution in [3.8, 4) is 0 Å². The van der Waals surface area contributed by atoms with Gasteiger partial charge in [-0.3, -0.25) is 4.90 Å². The van der Waals surface area contributed by atoms with Crippen molar-refractivity contribution in [2.45, 2.75) is 44.7 Å². The lowest BCUT2D eigenvalue weighted by atomic mass is 9.93. The third-order valence-electron chi connectivity index (χ3n) is 5.94. The molecule has 27 heavy (non-hydrogen) atoms. The molecule has 0 aromatic heterocycles. The summed E-state index contributed by atoms with van der Waals surface area (Å²) in [5, 5.41) is 10.3. The van der Waals surface area contributed by atoms with Gasteiger partial charge in [-0.2, -0.15) is 0 Å². The number of hydrogen-bond acceptors (Lipinski definition) is 4. The van der Waals surface area contributed by atoms with Gasteiger partial charge in [0.25, 0.3) is 0 Å². The van der Waals surface area contributed by atoms with Gasteiger partial charge in [-0.15, -0.1) is 12.4 Å². The molecule has 2 aliphatic heterocycles. The molecule has 1 aromatic carbocycles. The number of nitrogens with zero attached hydrogens (tertiary/aromatic N) is 1. The van der Waals surface area contributed by atoms with Crippen LogP contribution in [0.15, 0.2) is 18.2 Å². The predicted molar refractivity (Wildman–Crippen MR) is 111 cm³/mol. The maximum Gasteiger partial charge on any atom is 0.321 e. The number of benzene rings is 1. The van der Waals surface area contributed by atoms with E-state index in [9.17, 15) is 4.79 Å². The number of fused-ring (bicyclic) bond motifs is 1. The van der Waals surface area contributed by atoms with E-state index in [0.29, 0.717) is 24.5 Å². The smallest absolute Gasteiger partial charge is 0.321 e. The minimum absolute atomic E-state index is 0. The van der Waals surface area contributed by atoms with E-state index in [1.54, 1.807) is 0 Å². The molecule has 1 saturated carbocycles. The van der Waals surface area contributed by atoms with Crippen molar-refractivity contribution in [3.63, 3.8) is 0 Å². The van der Waals surface area contributed by atoms with Gasteiger partial charge >= 0.3 is 6.03 Å². The molecule has 0 radical (unpaired) electrons. The second-order valence-electron chi connectivity index (χ2n) is 7.56. The lowest BCUT2D eigenvalue weighted by Gasteiger charge is -2.33. The fraction of sp³-hybridized carbons (Fsp3) is 0.650. The molecular formula is C20H31ClN4O2. The van der Waals surface area contributed by atoms with E-state index >= 15 is 0 Å². The monoisotopic (exact) mass is 394 g/mol. The third kappa shape index (κ3) is 4.33. The first-order chi connectivity index (χ1) is 12.8. The Morgan fingerprint density at radius 3 is 3.04 bits per heavy atom. The summed E-state index contributed by atoms with van der Waals surface area (Å²) in [5.41, 5.74) is 3.43. The van der Waals surface area contributed by atoms with Crippen molar-refractivity contribution in [1.82, 2.24) is 10.6 Å². The van der Waals surface area contributed by atoms with Crippen molar-refractivity contribution in [2.24, 2.45) is 5.92 Å². The molecule has 1 aromatic rings. The number of urea groups is 1. The summed E-state index contributed by atoms with van der Waals surface area (Å²) in [6.07, 6.45) is 4.63. The van der Waals surface area contributed by atoms with Crippen molar-refractivity contribution < 1.29 is 9.53 Å². The summed E-state index contributed by atoms with van der Waals surface area (Å²) in [6, 6.07) is 7.41. The number of hydrogen-bond donors (Lipinski definition) is 3. The first-order valence-electron chi connectivity index (χ1n) is 10.0. The van der Waals surface area contributed by atoms with E-state index in [0.717, 1.165) is 44.1 Å². The largest absolute Gasteiger partial charge is 0.382 e. The molecule has 3 N–H and O–H groups in total. The van der Waals surface area contributed by atoms with Crippen LogP contribution >= 0.6 is 12.4 Å². The van der Waals surface area contributed by atoms with E-state index in [2.05, 4.69) is 34.1 Å². The Morgan fingerprint density at radius 2 is 2.26 bits per heavy atom. The highest BCUT2D eigenvalue weighted by Gasteiger charge is 2.35. The fourth-order valence-electron chi connectivity index (χ4n) is 4.65. The molecule has 4 rings (SSSR count). The van der Waals surface area contributed by atoms with Gasteiger partial charge in [-0.25, -0.2) is 4.79 Å². The van der Waals surface area contributed by atoms with Crippen molar-refractivity contribution >= 4 is 29.8 Å². The number of carbonyl (C=O) groups is 1. The molecule has 7 heteroatoms. The molecule has 1 saturated heterocycles. The summed E-state index contributed by atoms with van der Waals surface area (Å²) in [6.45, 7) is 5.97. The van der Waals surface area contributed by atoms with Gasteiger partial charge in [0.2, 0.25) is 0 Å². The number of halogens is 1. The van der Waals surface area contributed by atoms with Crippen LogP contribution in [0.4, 0.5) is 16.2 Å². The van der Waals surface area contributed by atoms with E-state index in [-0.39, 0.29) is 18.4 Å². The summed E-state index contributed by atoms with van der Waals surface area (Å²) in [4.78, 5) is 14.2. The maximum atomic E-state index is 12.3. The molecule has 2 fully saturated rings. The summed E-state index contributed by atoms with van der Waals surface area (Å²) >= 11 is 0. The Morgan fingerprint density at radius 1 is 1.37 bits per heavy atom. The highest BCUT2D eigenvalue weighted by Crippen LogP contribution is 2.35. The zero-order valence-corrected chi connectivity index (χ0v) is 16.8. The molecule has 150 valence electrons. The topological polar surface area (TPSA) is 65.6 Å². The average molecular weight is 395 g/mol. The Labute approximate surface area is 167 Å². The lowest BCUT2D eigenvalue weighted by Crippen LogP contribution is -2.49. The Bertz CT molecular complexity index is 651. The molecule has 6 nitrogen and oxygen atoms in total.